The Hall–Kier alpha value is -1.88. The van der Waals surface area contributed by atoms with Crippen molar-refractivity contribution in [2.75, 3.05) is 13.1 Å². The van der Waals surface area contributed by atoms with Gasteiger partial charge in [0, 0.05) is 36.1 Å². The molecule has 2 heterocycles. The molecule has 0 aliphatic carbocycles. The van der Waals surface area contributed by atoms with Crippen molar-refractivity contribution in [1.29, 1.82) is 0 Å². The molecule has 1 unspecified atom stereocenters. The number of nitrogens with zero attached hydrogens (tertiary/aromatic N) is 3. The topological polar surface area (TPSA) is 38.1 Å². The largest absolute Gasteiger partial charge is 0.340 e. The zero-order chi connectivity index (χ0) is 15.5. The van der Waals surface area contributed by atoms with Crippen molar-refractivity contribution >= 4 is 17.5 Å². The summed E-state index contributed by atoms with van der Waals surface area (Å²) >= 11 is 6.00. The van der Waals surface area contributed by atoms with Crippen LogP contribution in [0.2, 0.25) is 5.02 Å². The van der Waals surface area contributed by atoms with E-state index in [-0.39, 0.29) is 23.9 Å². The Morgan fingerprint density at radius 3 is 3.05 bits per heavy atom. The number of imidazole rings is 1. The van der Waals surface area contributed by atoms with E-state index >= 15 is 0 Å². The van der Waals surface area contributed by atoms with E-state index in [0.29, 0.717) is 18.1 Å². The fraction of sp³-hybridized carbons (Fsp3) is 0.375. The number of aromatic nitrogens is 2. The molecule has 2 aromatic rings. The number of amides is 1. The van der Waals surface area contributed by atoms with Crippen LogP contribution in [0.3, 0.4) is 0 Å². The van der Waals surface area contributed by atoms with Gasteiger partial charge < -0.3 is 9.47 Å². The molecule has 22 heavy (non-hydrogen) atoms. The number of halogens is 2. The van der Waals surface area contributed by atoms with Crippen LogP contribution in [0, 0.1) is 5.82 Å². The number of hydrogen-bond donors (Lipinski definition) is 0. The lowest BCUT2D eigenvalue weighted by Crippen LogP contribution is -2.41. The first-order chi connectivity index (χ1) is 10.6. The van der Waals surface area contributed by atoms with Gasteiger partial charge in [-0.3, -0.25) is 4.79 Å². The van der Waals surface area contributed by atoms with Gasteiger partial charge in [-0.1, -0.05) is 17.7 Å². The molecule has 1 fully saturated rings. The van der Waals surface area contributed by atoms with Crippen LogP contribution < -0.4 is 0 Å². The van der Waals surface area contributed by atoms with Crippen LogP contribution in [0.4, 0.5) is 4.39 Å². The minimum Gasteiger partial charge on any atom is -0.340 e. The molecule has 1 aliphatic rings. The van der Waals surface area contributed by atoms with Crippen LogP contribution in [-0.4, -0.2) is 33.4 Å². The third-order valence-corrected chi connectivity index (χ3v) is 4.44. The SMILES string of the molecule is O=C(Cc1c(F)cccc1Cl)N1CCCC(n2ccnc2)C1. The second kappa shape index (κ2) is 6.48. The summed E-state index contributed by atoms with van der Waals surface area (Å²) in [4.78, 5) is 18.3. The van der Waals surface area contributed by atoms with Gasteiger partial charge in [0.15, 0.2) is 0 Å². The van der Waals surface area contributed by atoms with Gasteiger partial charge in [0.05, 0.1) is 18.8 Å². The maximum atomic E-state index is 13.8. The Balaban J connectivity index is 1.70. The minimum atomic E-state index is -0.427. The summed E-state index contributed by atoms with van der Waals surface area (Å²) in [5, 5.41) is 0.302. The number of carbonyl (C=O) groups excluding carboxylic acids is 1. The molecule has 0 N–H and O–H groups in total. The third-order valence-electron chi connectivity index (χ3n) is 4.09. The lowest BCUT2D eigenvalue weighted by molar-refractivity contribution is -0.132. The highest BCUT2D eigenvalue weighted by Crippen LogP contribution is 2.24. The smallest absolute Gasteiger partial charge is 0.227 e. The van der Waals surface area contributed by atoms with Crippen molar-refractivity contribution in [3.63, 3.8) is 0 Å². The quantitative estimate of drug-likeness (QED) is 0.871. The minimum absolute atomic E-state index is 0.00214. The molecule has 0 radical (unpaired) electrons. The van der Waals surface area contributed by atoms with Gasteiger partial charge in [0.25, 0.3) is 0 Å². The average Bonchev–Trinajstić information content (AvgIpc) is 3.05. The fourth-order valence-corrected chi connectivity index (χ4v) is 3.10. The van der Waals surface area contributed by atoms with Gasteiger partial charge in [-0.05, 0) is 25.0 Å². The van der Waals surface area contributed by atoms with Crippen molar-refractivity contribution in [3.05, 3.63) is 53.3 Å². The van der Waals surface area contributed by atoms with Gasteiger partial charge in [0.1, 0.15) is 5.82 Å². The maximum Gasteiger partial charge on any atom is 0.227 e. The summed E-state index contributed by atoms with van der Waals surface area (Å²) in [7, 11) is 0. The first-order valence-corrected chi connectivity index (χ1v) is 7.71. The molecule has 3 rings (SSSR count). The molecule has 1 aliphatic heterocycles. The molecule has 0 saturated carbocycles. The van der Waals surface area contributed by atoms with E-state index in [2.05, 4.69) is 4.98 Å². The molecule has 116 valence electrons. The van der Waals surface area contributed by atoms with E-state index in [9.17, 15) is 9.18 Å². The molecular weight excluding hydrogens is 305 g/mol. The predicted octanol–water partition coefficient (Wildman–Crippen LogP) is 3.08. The number of piperidine rings is 1. The Labute approximate surface area is 133 Å². The Morgan fingerprint density at radius 1 is 1.45 bits per heavy atom. The average molecular weight is 322 g/mol. The summed E-state index contributed by atoms with van der Waals surface area (Å²) < 4.78 is 15.8. The molecule has 1 amide bonds. The van der Waals surface area contributed by atoms with Crippen molar-refractivity contribution in [2.24, 2.45) is 0 Å². The lowest BCUT2D eigenvalue weighted by Gasteiger charge is -2.33. The molecule has 6 heteroatoms. The van der Waals surface area contributed by atoms with Gasteiger partial charge in [-0.2, -0.15) is 0 Å². The van der Waals surface area contributed by atoms with Gasteiger partial charge in [-0.25, -0.2) is 9.37 Å². The van der Waals surface area contributed by atoms with Gasteiger partial charge >= 0.3 is 0 Å². The van der Waals surface area contributed by atoms with Crippen molar-refractivity contribution in [2.45, 2.75) is 25.3 Å². The Kier molecular flexibility index (Phi) is 4.43. The van der Waals surface area contributed by atoms with Crippen LogP contribution in [0.1, 0.15) is 24.4 Å². The number of carbonyl (C=O) groups is 1. The van der Waals surface area contributed by atoms with E-state index in [1.165, 1.54) is 6.07 Å². The molecule has 1 atom stereocenters. The van der Waals surface area contributed by atoms with Crippen molar-refractivity contribution in [3.8, 4) is 0 Å². The number of hydrogen-bond acceptors (Lipinski definition) is 2. The van der Waals surface area contributed by atoms with Crippen LogP contribution in [0.5, 0.6) is 0 Å². The van der Waals surface area contributed by atoms with Crippen LogP contribution >= 0.6 is 11.6 Å². The number of rotatable bonds is 3. The highest BCUT2D eigenvalue weighted by atomic mass is 35.5. The van der Waals surface area contributed by atoms with E-state index in [1.807, 2.05) is 10.8 Å². The van der Waals surface area contributed by atoms with Crippen LogP contribution in [0.15, 0.2) is 36.9 Å². The normalized spacial score (nSPS) is 18.5. The number of likely N-dealkylation sites (tertiary alicyclic amines) is 1. The predicted molar refractivity (Wildman–Crippen MR) is 82.2 cm³/mol. The lowest BCUT2D eigenvalue weighted by atomic mass is 10.0. The summed E-state index contributed by atoms with van der Waals surface area (Å²) in [6.45, 7) is 1.33. The second-order valence-corrected chi connectivity index (χ2v) is 5.93. The highest BCUT2D eigenvalue weighted by molar-refractivity contribution is 6.31. The van der Waals surface area contributed by atoms with Crippen molar-refractivity contribution < 1.29 is 9.18 Å². The van der Waals surface area contributed by atoms with Crippen molar-refractivity contribution in [1.82, 2.24) is 14.5 Å². The molecule has 1 aromatic carbocycles. The second-order valence-electron chi connectivity index (χ2n) is 5.52. The van der Waals surface area contributed by atoms with Gasteiger partial charge in [0.2, 0.25) is 5.91 Å². The van der Waals surface area contributed by atoms with Gasteiger partial charge in [-0.15, -0.1) is 0 Å². The molecular formula is C16H17ClFN3O. The molecule has 4 nitrogen and oxygen atoms in total. The summed E-state index contributed by atoms with van der Waals surface area (Å²) in [5.41, 5.74) is 0.277. The summed E-state index contributed by atoms with van der Waals surface area (Å²) in [5.74, 6) is -0.513. The Bertz CT molecular complexity index is 639. The molecule has 1 saturated heterocycles. The zero-order valence-corrected chi connectivity index (χ0v) is 12.8. The maximum absolute atomic E-state index is 13.8. The number of benzene rings is 1. The molecule has 0 bridgehead atoms. The third kappa shape index (κ3) is 3.14. The highest BCUT2D eigenvalue weighted by Gasteiger charge is 2.25. The fourth-order valence-electron chi connectivity index (χ4n) is 2.87. The van der Waals surface area contributed by atoms with E-state index in [4.69, 9.17) is 11.6 Å². The zero-order valence-electron chi connectivity index (χ0n) is 12.1. The first kappa shape index (κ1) is 15.0. The standard InChI is InChI=1S/C16H17ClFN3O/c17-14-4-1-5-15(18)13(14)9-16(22)20-7-2-3-12(10-20)21-8-6-19-11-21/h1,4-6,8,11-12H,2-3,7,9-10H2. The monoisotopic (exact) mass is 321 g/mol. The summed E-state index contributed by atoms with van der Waals surface area (Å²) in [6, 6.07) is 4.72. The Morgan fingerprint density at radius 2 is 2.32 bits per heavy atom. The summed E-state index contributed by atoms with van der Waals surface area (Å²) in [6.07, 6.45) is 7.36. The van der Waals surface area contributed by atoms with Crippen LogP contribution in [0.25, 0.3) is 0 Å². The van der Waals surface area contributed by atoms with E-state index < -0.39 is 5.82 Å². The molecule has 1 aromatic heterocycles. The van der Waals surface area contributed by atoms with E-state index in [1.54, 1.807) is 29.6 Å². The van der Waals surface area contributed by atoms with E-state index in [0.717, 1.165) is 12.8 Å². The first-order valence-electron chi connectivity index (χ1n) is 7.33. The molecule has 0 spiro atoms. The van der Waals surface area contributed by atoms with Crippen LogP contribution in [-0.2, 0) is 11.2 Å².